The predicted octanol–water partition coefficient (Wildman–Crippen LogP) is 0.392. The summed E-state index contributed by atoms with van der Waals surface area (Å²) in [6.07, 6.45) is 2.24. The second-order valence-corrected chi connectivity index (χ2v) is 2.77. The van der Waals surface area contributed by atoms with Gasteiger partial charge in [-0.15, -0.1) is 0 Å². The van der Waals surface area contributed by atoms with E-state index < -0.39 is 0 Å². The maximum atomic E-state index is 10.6. The van der Waals surface area contributed by atoms with Crippen molar-refractivity contribution in [3.63, 3.8) is 0 Å². The molecule has 1 saturated heterocycles. The minimum atomic E-state index is -0.298. The number of hydrogen-bond donors (Lipinski definition) is 2. The maximum absolute atomic E-state index is 10.6. The van der Waals surface area contributed by atoms with E-state index in [1.54, 1.807) is 0 Å². The fourth-order valence-electron chi connectivity index (χ4n) is 1.42. The largest absolute Gasteiger partial charge is 0.357 e. The summed E-state index contributed by atoms with van der Waals surface area (Å²) in [5.41, 5.74) is 0.571. The van der Waals surface area contributed by atoms with Crippen LogP contribution in [0.4, 0.5) is 0 Å². The molecule has 2 N–H and O–H groups in total. The minimum Gasteiger partial charge on any atom is -0.339 e. The van der Waals surface area contributed by atoms with Crippen molar-refractivity contribution in [2.75, 3.05) is 6.54 Å². The monoisotopic (exact) mass is 154 g/mol. The average molecular weight is 154 g/mol. The van der Waals surface area contributed by atoms with Crippen LogP contribution in [0.15, 0.2) is 15.4 Å². The molecule has 0 bridgehead atoms. The molecule has 4 heteroatoms. The summed E-state index contributed by atoms with van der Waals surface area (Å²) in [6, 6.07) is 1.80. The third kappa shape index (κ3) is 1.21. The molecule has 0 aromatic carbocycles. The quantitative estimate of drug-likeness (QED) is 0.615. The SMILES string of the molecule is O=c1cc([C@@H]2CCCN2)[nH]o1. The number of rotatable bonds is 1. The molecule has 2 heterocycles. The fourth-order valence-corrected chi connectivity index (χ4v) is 1.42. The van der Waals surface area contributed by atoms with Crippen LogP contribution in [0.25, 0.3) is 0 Å². The van der Waals surface area contributed by atoms with Crippen LogP contribution < -0.4 is 10.9 Å². The first-order valence-electron chi connectivity index (χ1n) is 3.78. The van der Waals surface area contributed by atoms with Gasteiger partial charge in [0.1, 0.15) is 0 Å². The van der Waals surface area contributed by atoms with E-state index in [2.05, 4.69) is 15.0 Å². The molecule has 1 aliphatic heterocycles. The van der Waals surface area contributed by atoms with Crippen molar-refractivity contribution < 1.29 is 4.52 Å². The third-order valence-corrected chi connectivity index (χ3v) is 1.98. The van der Waals surface area contributed by atoms with Crippen molar-refractivity contribution in [1.29, 1.82) is 0 Å². The molecule has 1 aliphatic rings. The summed E-state index contributed by atoms with van der Waals surface area (Å²) in [5, 5.41) is 5.85. The molecule has 0 amide bonds. The highest BCUT2D eigenvalue weighted by Crippen LogP contribution is 2.19. The Hall–Kier alpha value is -1.03. The fraction of sp³-hybridized carbons (Fsp3) is 0.571. The molecule has 1 atom stereocenters. The third-order valence-electron chi connectivity index (χ3n) is 1.98. The molecule has 1 aromatic rings. The smallest absolute Gasteiger partial charge is 0.339 e. The molecule has 0 spiro atoms. The van der Waals surface area contributed by atoms with Crippen LogP contribution in [-0.4, -0.2) is 11.7 Å². The van der Waals surface area contributed by atoms with E-state index in [0.717, 1.165) is 25.1 Å². The average Bonchev–Trinajstić information content (AvgIpc) is 2.55. The molecule has 1 aromatic heterocycles. The van der Waals surface area contributed by atoms with Gasteiger partial charge in [-0.1, -0.05) is 0 Å². The number of H-pyrrole nitrogens is 1. The summed E-state index contributed by atoms with van der Waals surface area (Å²) in [4.78, 5) is 10.6. The molecule has 2 rings (SSSR count). The zero-order valence-electron chi connectivity index (χ0n) is 6.09. The van der Waals surface area contributed by atoms with Crippen LogP contribution in [0.3, 0.4) is 0 Å². The van der Waals surface area contributed by atoms with Gasteiger partial charge in [0.15, 0.2) is 0 Å². The van der Waals surface area contributed by atoms with Gasteiger partial charge in [-0.2, -0.15) is 0 Å². The Balaban J connectivity index is 2.21. The molecule has 0 saturated carbocycles. The van der Waals surface area contributed by atoms with Crippen molar-refractivity contribution in [1.82, 2.24) is 10.5 Å². The summed E-state index contributed by atoms with van der Waals surface area (Å²) in [5.74, 6) is 0. The number of nitrogens with one attached hydrogen (secondary N) is 2. The molecule has 4 nitrogen and oxygen atoms in total. The second kappa shape index (κ2) is 2.54. The zero-order valence-corrected chi connectivity index (χ0v) is 6.09. The Kier molecular flexibility index (Phi) is 1.54. The van der Waals surface area contributed by atoms with E-state index in [1.165, 1.54) is 6.07 Å². The zero-order chi connectivity index (χ0) is 7.68. The van der Waals surface area contributed by atoms with Crippen LogP contribution in [0.5, 0.6) is 0 Å². The lowest BCUT2D eigenvalue weighted by atomic mass is 10.2. The van der Waals surface area contributed by atoms with Crippen molar-refractivity contribution in [2.45, 2.75) is 18.9 Å². The first-order valence-corrected chi connectivity index (χ1v) is 3.78. The molecular weight excluding hydrogens is 144 g/mol. The molecule has 1 fully saturated rings. The van der Waals surface area contributed by atoms with E-state index >= 15 is 0 Å². The topological polar surface area (TPSA) is 58.0 Å². The highest BCUT2D eigenvalue weighted by Gasteiger charge is 2.17. The molecule has 0 radical (unpaired) electrons. The van der Waals surface area contributed by atoms with E-state index in [4.69, 9.17) is 0 Å². The lowest BCUT2D eigenvalue weighted by molar-refractivity contribution is 0.377. The van der Waals surface area contributed by atoms with Gasteiger partial charge in [0.25, 0.3) is 0 Å². The Morgan fingerprint density at radius 2 is 2.55 bits per heavy atom. The van der Waals surface area contributed by atoms with Gasteiger partial charge >= 0.3 is 5.63 Å². The molecule has 0 aliphatic carbocycles. The van der Waals surface area contributed by atoms with E-state index in [9.17, 15) is 4.79 Å². The van der Waals surface area contributed by atoms with Crippen molar-refractivity contribution in [3.05, 3.63) is 22.2 Å². The highest BCUT2D eigenvalue weighted by molar-refractivity contribution is 5.04. The first kappa shape index (κ1) is 6.67. The van der Waals surface area contributed by atoms with Crippen molar-refractivity contribution in [3.8, 4) is 0 Å². The van der Waals surface area contributed by atoms with Crippen LogP contribution in [-0.2, 0) is 0 Å². The van der Waals surface area contributed by atoms with Gasteiger partial charge in [0.2, 0.25) is 0 Å². The molecule has 60 valence electrons. The minimum absolute atomic E-state index is 0.293. The molecule has 0 unspecified atom stereocenters. The van der Waals surface area contributed by atoms with E-state index in [0.29, 0.717) is 6.04 Å². The lowest BCUT2D eigenvalue weighted by Crippen LogP contribution is -2.13. The Morgan fingerprint density at radius 3 is 3.09 bits per heavy atom. The Morgan fingerprint density at radius 1 is 1.64 bits per heavy atom. The van der Waals surface area contributed by atoms with Gasteiger partial charge in [-0.25, -0.2) is 9.95 Å². The van der Waals surface area contributed by atoms with Gasteiger partial charge in [0.05, 0.1) is 11.7 Å². The van der Waals surface area contributed by atoms with Gasteiger partial charge in [-0.05, 0) is 19.4 Å². The Labute approximate surface area is 63.6 Å². The standard InChI is InChI=1S/C7H10N2O2/c10-7-4-6(9-11-7)5-2-1-3-8-5/h4-5,8-9H,1-3H2/t5-/m0/s1. The Bertz CT molecular complexity index is 283. The lowest BCUT2D eigenvalue weighted by Gasteiger charge is -2.03. The molecular formula is C7H10N2O2. The van der Waals surface area contributed by atoms with Crippen LogP contribution in [0.1, 0.15) is 24.6 Å². The van der Waals surface area contributed by atoms with Gasteiger partial charge in [0, 0.05) is 6.07 Å². The number of hydrogen-bond acceptors (Lipinski definition) is 3. The van der Waals surface area contributed by atoms with E-state index in [-0.39, 0.29) is 5.63 Å². The maximum Gasteiger partial charge on any atom is 0.357 e. The van der Waals surface area contributed by atoms with Gasteiger partial charge in [-0.3, -0.25) is 0 Å². The van der Waals surface area contributed by atoms with Crippen LogP contribution in [0, 0.1) is 0 Å². The number of aromatic nitrogens is 1. The van der Waals surface area contributed by atoms with E-state index in [1.807, 2.05) is 0 Å². The van der Waals surface area contributed by atoms with Crippen molar-refractivity contribution in [2.24, 2.45) is 0 Å². The van der Waals surface area contributed by atoms with Crippen molar-refractivity contribution >= 4 is 0 Å². The normalized spacial score (nSPS) is 24.2. The first-order chi connectivity index (χ1) is 5.36. The molecule has 11 heavy (non-hydrogen) atoms. The summed E-state index contributed by atoms with van der Waals surface area (Å²) < 4.78 is 4.56. The second-order valence-electron chi connectivity index (χ2n) is 2.77. The predicted molar refractivity (Wildman–Crippen MR) is 39.3 cm³/mol. The van der Waals surface area contributed by atoms with Crippen LogP contribution in [0.2, 0.25) is 0 Å². The van der Waals surface area contributed by atoms with Crippen LogP contribution >= 0.6 is 0 Å². The summed E-state index contributed by atoms with van der Waals surface area (Å²) in [7, 11) is 0. The number of aromatic amines is 1. The summed E-state index contributed by atoms with van der Waals surface area (Å²) >= 11 is 0. The highest BCUT2D eigenvalue weighted by atomic mass is 16.5. The van der Waals surface area contributed by atoms with Gasteiger partial charge < -0.3 is 9.84 Å². The summed E-state index contributed by atoms with van der Waals surface area (Å²) in [6.45, 7) is 1.03.